The second-order valence-corrected chi connectivity index (χ2v) is 5.55. The molecule has 0 fully saturated rings. The summed E-state index contributed by atoms with van der Waals surface area (Å²) in [4.78, 5) is 12.2. The Labute approximate surface area is 143 Å². The van der Waals surface area contributed by atoms with Crippen LogP contribution in [0.25, 0.3) is 6.08 Å². The first kappa shape index (κ1) is 16.8. The molecule has 2 aromatic carbocycles. The zero-order chi connectivity index (χ0) is 16.7. The van der Waals surface area contributed by atoms with Gasteiger partial charge in [0.2, 0.25) is 0 Å². The van der Waals surface area contributed by atoms with Crippen LogP contribution < -0.4 is 10.1 Å². The maximum Gasteiger partial charge on any atom is 0.266 e. The summed E-state index contributed by atoms with van der Waals surface area (Å²) >= 11 is 3.33. The lowest BCUT2D eigenvalue weighted by atomic mass is 10.1. The van der Waals surface area contributed by atoms with Crippen LogP contribution in [0, 0.1) is 11.3 Å². The van der Waals surface area contributed by atoms with Crippen molar-refractivity contribution in [2.75, 3.05) is 11.9 Å². The minimum atomic E-state index is -0.448. The number of amides is 1. The fourth-order valence-electron chi connectivity index (χ4n) is 1.91. The molecule has 0 spiro atoms. The van der Waals surface area contributed by atoms with Gasteiger partial charge in [-0.15, -0.1) is 0 Å². The van der Waals surface area contributed by atoms with Crippen LogP contribution in [0.1, 0.15) is 12.5 Å². The molecule has 0 unspecified atom stereocenters. The Kier molecular flexibility index (Phi) is 5.95. The molecule has 0 saturated heterocycles. The van der Waals surface area contributed by atoms with Crippen molar-refractivity contribution in [2.24, 2.45) is 0 Å². The van der Waals surface area contributed by atoms with Gasteiger partial charge >= 0.3 is 0 Å². The SMILES string of the molecule is CCOc1cccc(/C=C(\C#N)C(=O)Nc2ccc(Br)cc2)c1. The van der Waals surface area contributed by atoms with Crippen molar-refractivity contribution in [2.45, 2.75) is 6.92 Å². The van der Waals surface area contributed by atoms with E-state index in [1.807, 2.05) is 43.3 Å². The van der Waals surface area contributed by atoms with Crippen molar-refractivity contribution < 1.29 is 9.53 Å². The van der Waals surface area contributed by atoms with E-state index in [0.29, 0.717) is 18.0 Å². The molecule has 0 aliphatic rings. The van der Waals surface area contributed by atoms with E-state index >= 15 is 0 Å². The number of hydrogen-bond donors (Lipinski definition) is 1. The van der Waals surface area contributed by atoms with Crippen molar-refractivity contribution in [1.29, 1.82) is 5.26 Å². The molecule has 0 heterocycles. The summed E-state index contributed by atoms with van der Waals surface area (Å²) in [5.74, 6) is 0.253. The van der Waals surface area contributed by atoms with Crippen LogP contribution in [0.2, 0.25) is 0 Å². The Morgan fingerprint density at radius 2 is 2.04 bits per heavy atom. The topological polar surface area (TPSA) is 62.1 Å². The third-order valence-electron chi connectivity index (χ3n) is 2.95. The number of carbonyl (C=O) groups is 1. The van der Waals surface area contributed by atoms with E-state index in [2.05, 4.69) is 21.2 Å². The van der Waals surface area contributed by atoms with Gasteiger partial charge < -0.3 is 10.1 Å². The van der Waals surface area contributed by atoms with Gasteiger partial charge in [-0.3, -0.25) is 4.79 Å². The van der Waals surface area contributed by atoms with Gasteiger partial charge in [-0.1, -0.05) is 28.1 Å². The van der Waals surface area contributed by atoms with E-state index in [1.54, 1.807) is 18.2 Å². The summed E-state index contributed by atoms with van der Waals surface area (Å²) in [5.41, 5.74) is 1.39. The maximum atomic E-state index is 12.2. The minimum Gasteiger partial charge on any atom is -0.494 e. The maximum absolute atomic E-state index is 12.2. The Morgan fingerprint density at radius 3 is 2.70 bits per heavy atom. The van der Waals surface area contributed by atoms with E-state index in [0.717, 1.165) is 10.0 Å². The molecule has 0 bridgehead atoms. The molecule has 0 radical (unpaired) electrons. The smallest absolute Gasteiger partial charge is 0.266 e. The lowest BCUT2D eigenvalue weighted by Crippen LogP contribution is -2.13. The lowest BCUT2D eigenvalue weighted by molar-refractivity contribution is -0.112. The van der Waals surface area contributed by atoms with E-state index in [9.17, 15) is 10.1 Å². The van der Waals surface area contributed by atoms with Crippen LogP contribution in [-0.4, -0.2) is 12.5 Å². The summed E-state index contributed by atoms with van der Waals surface area (Å²) in [7, 11) is 0. The molecule has 0 aliphatic heterocycles. The van der Waals surface area contributed by atoms with Gasteiger partial charge in [0.05, 0.1) is 6.61 Å². The van der Waals surface area contributed by atoms with Crippen LogP contribution in [0.4, 0.5) is 5.69 Å². The van der Waals surface area contributed by atoms with Crippen molar-refractivity contribution >= 4 is 33.6 Å². The highest BCUT2D eigenvalue weighted by molar-refractivity contribution is 9.10. The molecule has 0 saturated carbocycles. The molecule has 2 rings (SSSR count). The molecular formula is C18H15BrN2O2. The quantitative estimate of drug-likeness (QED) is 0.626. The van der Waals surface area contributed by atoms with Gasteiger partial charge in [0.25, 0.3) is 5.91 Å². The molecule has 2 aromatic rings. The summed E-state index contributed by atoms with van der Waals surface area (Å²) in [6.45, 7) is 2.46. The predicted molar refractivity (Wildman–Crippen MR) is 94.0 cm³/mol. The third kappa shape index (κ3) is 4.97. The molecule has 1 amide bonds. The fourth-order valence-corrected chi connectivity index (χ4v) is 2.17. The largest absolute Gasteiger partial charge is 0.494 e. The van der Waals surface area contributed by atoms with Crippen LogP contribution in [0.15, 0.2) is 58.6 Å². The number of carbonyl (C=O) groups excluding carboxylic acids is 1. The monoisotopic (exact) mass is 370 g/mol. The Bertz CT molecular complexity index is 761. The number of hydrogen-bond acceptors (Lipinski definition) is 3. The number of benzene rings is 2. The molecule has 116 valence electrons. The number of nitriles is 1. The first-order valence-electron chi connectivity index (χ1n) is 7.04. The second kappa shape index (κ2) is 8.16. The molecule has 23 heavy (non-hydrogen) atoms. The van der Waals surface area contributed by atoms with Crippen molar-refractivity contribution in [3.8, 4) is 11.8 Å². The normalized spacial score (nSPS) is 10.7. The molecule has 0 aliphatic carbocycles. The van der Waals surface area contributed by atoms with E-state index in [1.165, 1.54) is 6.08 Å². The predicted octanol–water partition coefficient (Wildman–Crippen LogP) is 4.39. The lowest BCUT2D eigenvalue weighted by Gasteiger charge is -2.05. The summed E-state index contributed by atoms with van der Waals surface area (Å²) < 4.78 is 6.33. The number of anilines is 1. The van der Waals surface area contributed by atoms with Gasteiger partial charge in [-0.05, 0) is 55.0 Å². The van der Waals surface area contributed by atoms with Crippen molar-refractivity contribution in [1.82, 2.24) is 0 Å². The highest BCUT2D eigenvalue weighted by Crippen LogP contribution is 2.18. The molecule has 0 atom stereocenters. The number of nitrogens with one attached hydrogen (secondary N) is 1. The highest BCUT2D eigenvalue weighted by Gasteiger charge is 2.09. The molecule has 1 N–H and O–H groups in total. The van der Waals surface area contributed by atoms with Gasteiger partial charge in [-0.25, -0.2) is 0 Å². The zero-order valence-electron chi connectivity index (χ0n) is 12.5. The number of halogens is 1. The molecule has 4 nitrogen and oxygen atoms in total. The summed E-state index contributed by atoms with van der Waals surface area (Å²) in [6.07, 6.45) is 1.54. The molecule has 5 heteroatoms. The minimum absolute atomic E-state index is 0.0292. The first-order valence-corrected chi connectivity index (χ1v) is 7.83. The van der Waals surface area contributed by atoms with Crippen LogP contribution in [-0.2, 0) is 4.79 Å². The highest BCUT2D eigenvalue weighted by atomic mass is 79.9. The van der Waals surface area contributed by atoms with Gasteiger partial charge in [0.1, 0.15) is 17.4 Å². The first-order chi connectivity index (χ1) is 11.1. The van der Waals surface area contributed by atoms with Gasteiger partial charge in [0, 0.05) is 10.2 Å². The summed E-state index contributed by atoms with van der Waals surface area (Å²) in [6, 6.07) is 16.3. The standard InChI is InChI=1S/C18H15BrN2O2/c1-2-23-17-5-3-4-13(11-17)10-14(12-20)18(22)21-16-8-6-15(19)7-9-16/h3-11H,2H2,1H3,(H,21,22)/b14-10+. The second-order valence-electron chi connectivity index (χ2n) is 4.64. The molecule has 0 aromatic heterocycles. The van der Waals surface area contributed by atoms with Gasteiger partial charge in [-0.2, -0.15) is 5.26 Å². The van der Waals surface area contributed by atoms with Crippen LogP contribution in [0.3, 0.4) is 0 Å². The Balaban J connectivity index is 2.18. The zero-order valence-corrected chi connectivity index (χ0v) is 14.1. The average Bonchev–Trinajstić information content (AvgIpc) is 2.55. The average molecular weight is 371 g/mol. The third-order valence-corrected chi connectivity index (χ3v) is 3.48. The summed E-state index contributed by atoms with van der Waals surface area (Å²) in [5, 5.41) is 11.9. The van der Waals surface area contributed by atoms with Gasteiger partial charge in [0.15, 0.2) is 0 Å². The van der Waals surface area contributed by atoms with Crippen molar-refractivity contribution in [3.05, 3.63) is 64.1 Å². The van der Waals surface area contributed by atoms with Crippen LogP contribution >= 0.6 is 15.9 Å². The fraction of sp³-hybridized carbons (Fsp3) is 0.111. The van der Waals surface area contributed by atoms with E-state index < -0.39 is 5.91 Å². The Hall–Kier alpha value is -2.58. The number of ether oxygens (including phenoxy) is 1. The molecular weight excluding hydrogens is 356 g/mol. The van der Waals surface area contributed by atoms with Crippen LogP contribution in [0.5, 0.6) is 5.75 Å². The number of nitrogens with zero attached hydrogens (tertiary/aromatic N) is 1. The van der Waals surface area contributed by atoms with E-state index in [-0.39, 0.29) is 5.57 Å². The van der Waals surface area contributed by atoms with Crippen molar-refractivity contribution in [3.63, 3.8) is 0 Å². The number of rotatable bonds is 5. The van der Waals surface area contributed by atoms with E-state index in [4.69, 9.17) is 4.74 Å². The Morgan fingerprint density at radius 1 is 1.30 bits per heavy atom.